The van der Waals surface area contributed by atoms with Crippen molar-refractivity contribution in [3.63, 3.8) is 0 Å². The zero-order chi connectivity index (χ0) is 20.8. The van der Waals surface area contributed by atoms with E-state index >= 15 is 0 Å². The molecule has 9 nitrogen and oxygen atoms in total. The van der Waals surface area contributed by atoms with Gasteiger partial charge in [0.2, 0.25) is 15.9 Å². The van der Waals surface area contributed by atoms with Gasteiger partial charge in [0.15, 0.2) is 0 Å². The van der Waals surface area contributed by atoms with Crippen LogP contribution in [0.4, 0.5) is 0 Å². The van der Waals surface area contributed by atoms with Gasteiger partial charge in [-0.3, -0.25) is 9.59 Å². The van der Waals surface area contributed by atoms with Crippen molar-refractivity contribution in [2.75, 3.05) is 13.1 Å². The zero-order valence-electron chi connectivity index (χ0n) is 15.7. The Hall–Kier alpha value is -2.46. The van der Waals surface area contributed by atoms with Crippen LogP contribution in [0, 0.1) is 0 Å². The number of nitrogens with one attached hydrogen (secondary N) is 2. The summed E-state index contributed by atoms with van der Waals surface area (Å²) in [6.07, 6.45) is 0. The maximum atomic E-state index is 12.7. The zero-order valence-corrected chi connectivity index (χ0v) is 16.5. The smallest absolute Gasteiger partial charge is 0.326 e. The van der Waals surface area contributed by atoms with E-state index in [4.69, 9.17) is 0 Å². The van der Waals surface area contributed by atoms with Gasteiger partial charge in [0.25, 0.3) is 5.91 Å². The molecule has 1 unspecified atom stereocenters. The number of rotatable bonds is 9. The van der Waals surface area contributed by atoms with Crippen LogP contribution in [0.5, 0.6) is 0 Å². The molecule has 0 aliphatic rings. The van der Waals surface area contributed by atoms with Crippen LogP contribution in [-0.2, 0) is 19.6 Å². The first-order valence-corrected chi connectivity index (χ1v) is 9.84. The third-order valence-corrected chi connectivity index (χ3v) is 5.29. The molecule has 0 saturated carbocycles. The van der Waals surface area contributed by atoms with Gasteiger partial charge in [0.1, 0.15) is 6.04 Å². The van der Waals surface area contributed by atoms with Crippen molar-refractivity contribution in [1.82, 2.24) is 14.9 Å². The molecule has 150 valence electrons. The summed E-state index contributed by atoms with van der Waals surface area (Å²) in [6.45, 7) is 6.16. The number of hydrogen-bond donors (Lipinski definition) is 3. The first-order valence-electron chi connectivity index (χ1n) is 8.36. The van der Waals surface area contributed by atoms with Gasteiger partial charge in [-0.25, -0.2) is 17.9 Å². The first kappa shape index (κ1) is 22.6. The van der Waals surface area contributed by atoms with E-state index in [0.717, 1.165) is 4.90 Å². The molecule has 3 N–H and O–H groups in total. The molecule has 1 aromatic rings. The van der Waals surface area contributed by atoms with Gasteiger partial charge >= 0.3 is 5.97 Å². The largest absolute Gasteiger partial charge is 0.480 e. The third-order valence-electron chi connectivity index (χ3n) is 3.61. The molecule has 2 amide bonds. The molecule has 0 bridgehead atoms. The summed E-state index contributed by atoms with van der Waals surface area (Å²) in [5.41, 5.74) is 0.148. The Morgan fingerprint density at radius 1 is 1.11 bits per heavy atom. The SMILES string of the molecule is CC(=O)NCCN(C(=O)c1ccc(S(=O)(=O)NC(C)C)cc1)C(C)C(=O)O. The lowest BCUT2D eigenvalue weighted by molar-refractivity contribution is -0.141. The highest BCUT2D eigenvalue weighted by molar-refractivity contribution is 7.89. The molecule has 0 fully saturated rings. The van der Waals surface area contributed by atoms with Gasteiger partial charge in [-0.2, -0.15) is 0 Å². The van der Waals surface area contributed by atoms with Crippen LogP contribution in [-0.4, -0.2) is 61.4 Å². The molecule has 0 aliphatic carbocycles. The predicted molar refractivity (Wildman–Crippen MR) is 98.7 cm³/mol. The number of carbonyl (C=O) groups is 3. The van der Waals surface area contributed by atoms with Crippen LogP contribution >= 0.6 is 0 Å². The summed E-state index contributed by atoms with van der Waals surface area (Å²) in [4.78, 5) is 36.1. The van der Waals surface area contributed by atoms with Gasteiger partial charge in [0.05, 0.1) is 4.90 Å². The van der Waals surface area contributed by atoms with Crippen molar-refractivity contribution in [3.05, 3.63) is 29.8 Å². The average Bonchev–Trinajstić information content (AvgIpc) is 2.56. The Balaban J connectivity index is 3.04. The highest BCUT2D eigenvalue weighted by atomic mass is 32.2. The summed E-state index contributed by atoms with van der Waals surface area (Å²) in [5, 5.41) is 11.7. The van der Waals surface area contributed by atoms with Crippen LogP contribution in [0.2, 0.25) is 0 Å². The van der Waals surface area contributed by atoms with Crippen molar-refractivity contribution >= 4 is 27.8 Å². The fourth-order valence-corrected chi connectivity index (χ4v) is 3.53. The van der Waals surface area contributed by atoms with E-state index in [9.17, 15) is 27.9 Å². The van der Waals surface area contributed by atoms with E-state index in [1.807, 2.05) is 0 Å². The molecule has 0 radical (unpaired) electrons. The quantitative estimate of drug-likeness (QED) is 0.551. The number of benzene rings is 1. The lowest BCUT2D eigenvalue weighted by Crippen LogP contribution is -2.46. The van der Waals surface area contributed by atoms with Crippen molar-refractivity contribution in [3.8, 4) is 0 Å². The molecule has 0 heterocycles. The molecule has 1 atom stereocenters. The second kappa shape index (κ2) is 9.47. The summed E-state index contributed by atoms with van der Waals surface area (Å²) >= 11 is 0. The number of carbonyl (C=O) groups excluding carboxylic acids is 2. The Morgan fingerprint density at radius 2 is 1.67 bits per heavy atom. The maximum absolute atomic E-state index is 12.7. The van der Waals surface area contributed by atoms with Gasteiger partial charge in [-0.15, -0.1) is 0 Å². The fraction of sp³-hybridized carbons (Fsp3) is 0.471. The summed E-state index contributed by atoms with van der Waals surface area (Å²) in [5.74, 6) is -2.06. The van der Waals surface area contributed by atoms with E-state index in [2.05, 4.69) is 10.0 Å². The Bertz CT molecular complexity index is 789. The number of carboxylic acids is 1. The normalized spacial score (nSPS) is 12.5. The van der Waals surface area contributed by atoms with Crippen molar-refractivity contribution in [1.29, 1.82) is 0 Å². The van der Waals surface area contributed by atoms with Crippen molar-refractivity contribution in [2.45, 2.75) is 44.7 Å². The van der Waals surface area contributed by atoms with E-state index in [1.54, 1.807) is 13.8 Å². The second-order valence-corrected chi connectivity index (χ2v) is 8.01. The minimum absolute atomic E-state index is 0.000828. The maximum Gasteiger partial charge on any atom is 0.326 e. The lowest BCUT2D eigenvalue weighted by atomic mass is 10.1. The molecule has 0 spiro atoms. The van der Waals surface area contributed by atoms with Crippen LogP contribution in [0.1, 0.15) is 38.1 Å². The number of carboxylic acid groups (broad SMARTS) is 1. The van der Waals surface area contributed by atoms with Gasteiger partial charge in [-0.05, 0) is 45.0 Å². The topological polar surface area (TPSA) is 133 Å². The van der Waals surface area contributed by atoms with Crippen LogP contribution in [0.15, 0.2) is 29.2 Å². The fourth-order valence-electron chi connectivity index (χ4n) is 2.28. The Kier molecular flexibility index (Phi) is 7.92. The Labute approximate surface area is 158 Å². The number of sulfonamides is 1. The molecule has 0 aliphatic heterocycles. The van der Waals surface area contributed by atoms with Gasteiger partial charge < -0.3 is 15.3 Å². The third kappa shape index (κ3) is 6.65. The molecule has 10 heteroatoms. The lowest BCUT2D eigenvalue weighted by Gasteiger charge is -2.26. The molecular formula is C17H25N3O6S. The monoisotopic (exact) mass is 399 g/mol. The van der Waals surface area contributed by atoms with Crippen LogP contribution < -0.4 is 10.0 Å². The first-order chi connectivity index (χ1) is 12.5. The van der Waals surface area contributed by atoms with E-state index in [-0.39, 0.29) is 35.5 Å². The van der Waals surface area contributed by atoms with Gasteiger partial charge in [-0.1, -0.05) is 0 Å². The minimum atomic E-state index is -3.69. The van der Waals surface area contributed by atoms with E-state index in [1.165, 1.54) is 38.1 Å². The molecule has 0 saturated heterocycles. The van der Waals surface area contributed by atoms with Crippen LogP contribution in [0.25, 0.3) is 0 Å². The van der Waals surface area contributed by atoms with Crippen molar-refractivity contribution in [2.24, 2.45) is 0 Å². The molecule has 0 aromatic heterocycles. The number of hydrogen-bond acceptors (Lipinski definition) is 5. The Morgan fingerprint density at radius 3 is 2.11 bits per heavy atom. The number of nitrogens with zero attached hydrogens (tertiary/aromatic N) is 1. The molecule has 27 heavy (non-hydrogen) atoms. The van der Waals surface area contributed by atoms with Crippen molar-refractivity contribution < 1.29 is 27.9 Å². The summed E-state index contributed by atoms with van der Waals surface area (Å²) in [7, 11) is -3.69. The standard InChI is InChI=1S/C17H25N3O6S/c1-11(2)19-27(25,26)15-7-5-14(6-8-15)16(22)20(12(3)17(23)24)10-9-18-13(4)21/h5-8,11-12,19H,9-10H2,1-4H3,(H,18,21)(H,23,24). The highest BCUT2D eigenvalue weighted by Crippen LogP contribution is 2.14. The molecular weight excluding hydrogens is 374 g/mol. The molecule has 1 rings (SSSR count). The second-order valence-electron chi connectivity index (χ2n) is 6.30. The van der Waals surface area contributed by atoms with E-state index in [0.29, 0.717) is 0 Å². The molecule has 1 aromatic carbocycles. The predicted octanol–water partition coefficient (Wildman–Crippen LogP) is 0.425. The average molecular weight is 399 g/mol. The minimum Gasteiger partial charge on any atom is -0.480 e. The highest BCUT2D eigenvalue weighted by Gasteiger charge is 2.26. The van der Waals surface area contributed by atoms with Crippen LogP contribution in [0.3, 0.4) is 0 Å². The number of aliphatic carboxylic acids is 1. The van der Waals surface area contributed by atoms with Gasteiger partial charge in [0, 0.05) is 31.6 Å². The van der Waals surface area contributed by atoms with E-state index < -0.39 is 27.9 Å². The summed E-state index contributed by atoms with van der Waals surface area (Å²) < 4.78 is 26.7. The summed E-state index contributed by atoms with van der Waals surface area (Å²) in [6, 6.07) is 3.84. The number of amides is 2.